The summed E-state index contributed by atoms with van der Waals surface area (Å²) in [5, 5.41) is 0.605. The number of methoxy groups -OCH3 is 1. The first-order valence-electron chi connectivity index (χ1n) is 17.4. The Morgan fingerprint density at radius 2 is 1.56 bits per heavy atom. The molecule has 0 aliphatic heterocycles. The highest BCUT2D eigenvalue weighted by molar-refractivity contribution is 7.80. The van der Waals surface area contributed by atoms with Gasteiger partial charge in [-0.3, -0.25) is 4.79 Å². The van der Waals surface area contributed by atoms with Crippen molar-refractivity contribution in [2.75, 3.05) is 33.5 Å². The van der Waals surface area contributed by atoms with Crippen LogP contribution in [0.2, 0.25) is 5.02 Å². The quantitative estimate of drug-likeness (QED) is 0.0753. The summed E-state index contributed by atoms with van der Waals surface area (Å²) in [6.45, 7) is 6.68. The Morgan fingerprint density at radius 3 is 2.24 bits per heavy atom. The fourth-order valence-corrected chi connectivity index (χ4v) is 6.62. The van der Waals surface area contributed by atoms with Crippen molar-refractivity contribution < 1.29 is 23.7 Å². The molecule has 4 aromatic rings. The molecule has 1 amide bonds. The average Bonchev–Trinajstić information content (AvgIpc) is 3.95. The molecule has 1 unspecified atom stereocenters. The van der Waals surface area contributed by atoms with Crippen molar-refractivity contribution in [1.29, 1.82) is 0 Å². The summed E-state index contributed by atoms with van der Waals surface area (Å²) in [7, 11) is 1.72. The number of ether oxygens (including phenoxy) is 4. The van der Waals surface area contributed by atoms with Crippen LogP contribution in [0.3, 0.4) is 0 Å². The van der Waals surface area contributed by atoms with Gasteiger partial charge in [0, 0.05) is 37.7 Å². The minimum absolute atomic E-state index is 0.0941. The molecule has 0 bridgehead atoms. The van der Waals surface area contributed by atoms with Gasteiger partial charge in [-0.2, -0.15) is 0 Å². The third-order valence-electron chi connectivity index (χ3n) is 8.82. The highest BCUT2D eigenvalue weighted by Crippen LogP contribution is 2.32. The number of hydrogen-bond acceptors (Lipinski definition) is 7. The summed E-state index contributed by atoms with van der Waals surface area (Å²) < 4.78 is 23.4. The number of hydrogen-bond donors (Lipinski definition) is 2. The van der Waals surface area contributed by atoms with Gasteiger partial charge in [0.25, 0.3) is 0 Å². The molecular weight excluding hydrogens is 668 g/mol. The van der Waals surface area contributed by atoms with E-state index in [2.05, 4.69) is 30.8 Å². The Kier molecular flexibility index (Phi) is 13.9. The van der Waals surface area contributed by atoms with Crippen LogP contribution in [0.1, 0.15) is 52.6 Å². The second-order valence-electron chi connectivity index (χ2n) is 13.1. The van der Waals surface area contributed by atoms with Crippen molar-refractivity contribution in [1.82, 2.24) is 4.90 Å². The molecule has 0 spiro atoms. The highest BCUT2D eigenvalue weighted by atomic mass is 35.5. The molecule has 0 radical (unpaired) electrons. The molecule has 50 heavy (non-hydrogen) atoms. The van der Waals surface area contributed by atoms with Crippen molar-refractivity contribution >= 4 is 30.1 Å². The van der Waals surface area contributed by atoms with Gasteiger partial charge in [-0.15, -0.1) is 12.6 Å². The van der Waals surface area contributed by atoms with E-state index in [4.69, 9.17) is 36.3 Å². The molecule has 1 fully saturated rings. The summed E-state index contributed by atoms with van der Waals surface area (Å²) in [6.07, 6.45) is 4.34. The lowest BCUT2D eigenvalue weighted by Gasteiger charge is -2.28. The van der Waals surface area contributed by atoms with Crippen LogP contribution in [-0.4, -0.2) is 50.3 Å². The van der Waals surface area contributed by atoms with E-state index < -0.39 is 0 Å². The van der Waals surface area contributed by atoms with E-state index in [1.165, 1.54) is 5.56 Å². The van der Waals surface area contributed by atoms with E-state index in [0.717, 1.165) is 69.9 Å². The molecule has 0 heterocycles. The van der Waals surface area contributed by atoms with Crippen LogP contribution in [0.4, 0.5) is 0 Å². The van der Waals surface area contributed by atoms with Gasteiger partial charge in [-0.25, -0.2) is 0 Å². The molecule has 5 rings (SSSR count). The standard InChI is InChI=1S/C41H49ClN2O5S/c1-28-19-29(2)40(39(42)20-28)48-18-17-47-36-12-6-30(7-13-36)22-34(25-43)41(45)44(35-10-11-35)26-33-21-32(5-4-16-46-3)23-37(24-33)49-27-31-8-14-38(50)15-9-31/h6-9,12-15,19-21,23-24,34-35,50H,4-5,10-11,16-18,22,25-27,43H2,1-3H3. The lowest BCUT2D eigenvalue weighted by atomic mass is 9.97. The van der Waals surface area contributed by atoms with Gasteiger partial charge in [-0.1, -0.05) is 48.0 Å². The smallest absolute Gasteiger partial charge is 0.227 e. The fourth-order valence-electron chi connectivity index (χ4n) is 6.10. The van der Waals surface area contributed by atoms with Gasteiger partial charge in [-0.05, 0) is 122 Å². The summed E-state index contributed by atoms with van der Waals surface area (Å²) >= 11 is 10.7. The Labute approximate surface area is 307 Å². The zero-order valence-corrected chi connectivity index (χ0v) is 31.0. The Morgan fingerprint density at radius 1 is 0.860 bits per heavy atom. The number of amides is 1. The van der Waals surface area contributed by atoms with Crippen LogP contribution in [0.15, 0.2) is 83.8 Å². The largest absolute Gasteiger partial charge is 0.490 e. The normalized spacial score (nSPS) is 13.2. The summed E-state index contributed by atoms with van der Waals surface area (Å²) in [5.41, 5.74) is 12.7. The maximum absolute atomic E-state index is 14.1. The van der Waals surface area contributed by atoms with Crippen LogP contribution in [0.5, 0.6) is 17.2 Å². The third-order valence-corrected chi connectivity index (χ3v) is 9.40. The van der Waals surface area contributed by atoms with Crippen LogP contribution in [-0.2, 0) is 35.5 Å². The second-order valence-corrected chi connectivity index (χ2v) is 14.0. The zero-order valence-electron chi connectivity index (χ0n) is 29.3. The van der Waals surface area contributed by atoms with Crippen molar-refractivity contribution in [2.24, 2.45) is 11.7 Å². The van der Waals surface area contributed by atoms with Crippen LogP contribution in [0.25, 0.3) is 0 Å². The van der Waals surface area contributed by atoms with E-state index in [1.54, 1.807) is 7.11 Å². The number of carbonyl (C=O) groups excluding carboxylic acids is 1. The molecule has 0 saturated heterocycles. The third kappa shape index (κ3) is 11.2. The molecule has 1 aliphatic carbocycles. The first-order valence-corrected chi connectivity index (χ1v) is 18.2. The molecule has 2 N–H and O–H groups in total. The summed E-state index contributed by atoms with van der Waals surface area (Å²) in [4.78, 5) is 17.0. The molecule has 1 aliphatic rings. The number of nitrogens with two attached hydrogens (primary N) is 1. The molecule has 1 atom stereocenters. The Balaban J connectivity index is 1.19. The summed E-state index contributed by atoms with van der Waals surface area (Å²) in [6, 6.07) is 26.4. The highest BCUT2D eigenvalue weighted by Gasteiger charge is 2.35. The topological polar surface area (TPSA) is 83.3 Å². The molecule has 266 valence electrons. The minimum Gasteiger partial charge on any atom is -0.490 e. The maximum Gasteiger partial charge on any atom is 0.227 e. The van der Waals surface area contributed by atoms with Gasteiger partial charge in [0.05, 0.1) is 10.9 Å². The number of aryl methyl sites for hydroxylation is 3. The predicted octanol–water partition coefficient (Wildman–Crippen LogP) is 8.17. The number of halogens is 1. The van der Waals surface area contributed by atoms with E-state index in [0.29, 0.717) is 50.2 Å². The van der Waals surface area contributed by atoms with Crippen molar-refractivity contribution in [3.05, 3.63) is 117 Å². The number of nitrogens with zero attached hydrogens (tertiary/aromatic N) is 1. The molecule has 7 nitrogen and oxygen atoms in total. The zero-order chi connectivity index (χ0) is 35.5. The SMILES string of the molecule is COCCCc1cc(CN(C(=O)C(CN)Cc2ccc(OCCOc3c(C)cc(C)cc3Cl)cc2)C2CC2)cc(OCc2ccc(S)cc2)c1. The van der Waals surface area contributed by atoms with E-state index in [-0.39, 0.29) is 24.4 Å². The molecule has 0 aromatic heterocycles. The van der Waals surface area contributed by atoms with Gasteiger partial charge < -0.3 is 29.6 Å². The van der Waals surface area contributed by atoms with Crippen molar-refractivity contribution in [2.45, 2.75) is 70.0 Å². The van der Waals surface area contributed by atoms with Gasteiger partial charge in [0.2, 0.25) is 5.91 Å². The molecule has 4 aromatic carbocycles. The van der Waals surface area contributed by atoms with Gasteiger partial charge in [0.1, 0.15) is 37.1 Å². The maximum atomic E-state index is 14.1. The predicted molar refractivity (Wildman–Crippen MR) is 203 cm³/mol. The number of carbonyl (C=O) groups is 1. The Hall–Kier alpha value is -3.69. The monoisotopic (exact) mass is 716 g/mol. The van der Waals surface area contributed by atoms with Gasteiger partial charge >= 0.3 is 0 Å². The average molecular weight is 717 g/mol. The van der Waals surface area contributed by atoms with Crippen LogP contribution in [0, 0.1) is 19.8 Å². The van der Waals surface area contributed by atoms with Crippen LogP contribution < -0.4 is 19.9 Å². The Bertz CT molecular complexity index is 1670. The number of rotatable bonds is 19. The second kappa shape index (κ2) is 18.5. The van der Waals surface area contributed by atoms with E-state index in [1.807, 2.05) is 79.4 Å². The van der Waals surface area contributed by atoms with Crippen molar-refractivity contribution in [3.8, 4) is 17.2 Å². The van der Waals surface area contributed by atoms with Crippen molar-refractivity contribution in [3.63, 3.8) is 0 Å². The first kappa shape index (κ1) is 37.6. The lowest BCUT2D eigenvalue weighted by Crippen LogP contribution is -2.41. The minimum atomic E-state index is -0.325. The lowest BCUT2D eigenvalue weighted by molar-refractivity contribution is -0.136. The van der Waals surface area contributed by atoms with Crippen LogP contribution >= 0.6 is 24.2 Å². The number of benzene rings is 4. The molecule has 1 saturated carbocycles. The fraction of sp³-hybridized carbons (Fsp3) is 0.390. The van der Waals surface area contributed by atoms with E-state index in [9.17, 15) is 4.79 Å². The van der Waals surface area contributed by atoms with E-state index >= 15 is 0 Å². The molecule has 9 heteroatoms. The molecular formula is C41H49ClN2O5S. The first-order chi connectivity index (χ1) is 24.2. The van der Waals surface area contributed by atoms with Gasteiger partial charge in [0.15, 0.2) is 0 Å². The summed E-state index contributed by atoms with van der Waals surface area (Å²) in [5.74, 6) is 1.99. The number of thiol groups is 1.